The van der Waals surface area contributed by atoms with E-state index >= 15 is 0 Å². The van der Waals surface area contributed by atoms with Crippen LogP contribution in [0.15, 0.2) is 11.0 Å². The summed E-state index contributed by atoms with van der Waals surface area (Å²) < 4.78 is 27.1. The molecule has 2 aliphatic heterocycles. The zero-order chi connectivity index (χ0) is 12.9. The van der Waals surface area contributed by atoms with Gasteiger partial charge in [-0.2, -0.15) is 4.31 Å². The molecule has 0 saturated carbocycles. The van der Waals surface area contributed by atoms with Gasteiger partial charge in [0.05, 0.1) is 4.34 Å². The summed E-state index contributed by atoms with van der Waals surface area (Å²) in [4.78, 5) is 0.145. The number of sulfonamides is 1. The predicted octanol–water partition coefficient (Wildman–Crippen LogP) is 1.89. The highest BCUT2D eigenvalue weighted by Crippen LogP contribution is 2.38. The quantitative estimate of drug-likeness (QED) is 0.903. The summed E-state index contributed by atoms with van der Waals surface area (Å²) >= 11 is 12.8. The molecule has 0 aliphatic carbocycles. The minimum Gasteiger partial charge on any atom is -0.316 e. The van der Waals surface area contributed by atoms with E-state index in [1.54, 1.807) is 0 Å². The first-order chi connectivity index (χ1) is 8.48. The van der Waals surface area contributed by atoms with Crippen LogP contribution in [0.5, 0.6) is 0 Å². The van der Waals surface area contributed by atoms with Crippen LogP contribution in [0, 0.1) is 11.8 Å². The van der Waals surface area contributed by atoms with E-state index in [1.807, 2.05) is 0 Å². The Morgan fingerprint density at radius 3 is 2.39 bits per heavy atom. The zero-order valence-electron chi connectivity index (χ0n) is 9.40. The Bertz CT molecular complexity index is 560. The molecule has 0 aromatic carbocycles. The lowest BCUT2D eigenvalue weighted by Crippen LogP contribution is -2.31. The van der Waals surface area contributed by atoms with Gasteiger partial charge in [-0.3, -0.25) is 0 Å². The summed E-state index contributed by atoms with van der Waals surface area (Å²) in [7, 11) is -3.49. The Morgan fingerprint density at radius 1 is 1.28 bits per heavy atom. The van der Waals surface area contributed by atoms with Crippen LogP contribution in [0.3, 0.4) is 0 Å². The Balaban J connectivity index is 1.90. The minimum atomic E-state index is -3.49. The lowest BCUT2D eigenvalue weighted by Gasteiger charge is -2.16. The van der Waals surface area contributed by atoms with Crippen LogP contribution < -0.4 is 5.32 Å². The average Bonchev–Trinajstić information content (AvgIpc) is 2.90. The molecule has 100 valence electrons. The van der Waals surface area contributed by atoms with Crippen molar-refractivity contribution in [1.29, 1.82) is 0 Å². The second-order valence-electron chi connectivity index (χ2n) is 4.69. The SMILES string of the molecule is O=S(=O)(c1cc(Cl)sc1Cl)N1C[C@H]2CNC[C@H]2C1. The first kappa shape index (κ1) is 13.1. The second kappa shape index (κ2) is 4.61. The molecule has 1 N–H and O–H groups in total. The summed E-state index contributed by atoms with van der Waals surface area (Å²) in [6.07, 6.45) is 0. The Morgan fingerprint density at radius 2 is 1.89 bits per heavy atom. The Labute approximate surface area is 120 Å². The van der Waals surface area contributed by atoms with Crippen LogP contribution >= 0.6 is 34.5 Å². The van der Waals surface area contributed by atoms with Gasteiger partial charge in [-0.25, -0.2) is 8.42 Å². The lowest BCUT2D eigenvalue weighted by molar-refractivity contribution is 0.448. The number of thiophene rings is 1. The fourth-order valence-corrected chi connectivity index (χ4v) is 6.32. The van der Waals surface area contributed by atoms with Gasteiger partial charge in [-0.15, -0.1) is 11.3 Å². The topological polar surface area (TPSA) is 49.4 Å². The molecule has 8 heteroatoms. The number of nitrogens with one attached hydrogen (secondary N) is 1. The highest BCUT2D eigenvalue weighted by atomic mass is 35.5. The van der Waals surface area contributed by atoms with Crippen LogP contribution in [0.4, 0.5) is 0 Å². The summed E-state index contributed by atoms with van der Waals surface area (Å²) in [5.41, 5.74) is 0. The zero-order valence-corrected chi connectivity index (χ0v) is 12.5. The first-order valence-corrected chi connectivity index (χ1v) is 8.65. The lowest BCUT2D eigenvalue weighted by atomic mass is 10.0. The van der Waals surface area contributed by atoms with E-state index < -0.39 is 10.0 Å². The number of rotatable bonds is 2. The summed E-state index contributed by atoms with van der Waals surface area (Å²) in [6, 6.07) is 1.44. The van der Waals surface area contributed by atoms with Gasteiger partial charge < -0.3 is 5.32 Å². The van der Waals surface area contributed by atoms with Crippen molar-refractivity contribution >= 4 is 44.6 Å². The summed E-state index contributed by atoms with van der Waals surface area (Å²) in [5.74, 6) is 0.848. The fourth-order valence-electron chi connectivity index (χ4n) is 2.65. The van der Waals surface area contributed by atoms with Gasteiger partial charge in [0.25, 0.3) is 0 Å². The van der Waals surface area contributed by atoms with E-state index in [-0.39, 0.29) is 9.23 Å². The number of fused-ring (bicyclic) bond motifs is 1. The molecule has 18 heavy (non-hydrogen) atoms. The van der Waals surface area contributed by atoms with Crippen molar-refractivity contribution in [3.63, 3.8) is 0 Å². The highest BCUT2D eigenvalue weighted by Gasteiger charge is 2.42. The van der Waals surface area contributed by atoms with Gasteiger partial charge in [0.15, 0.2) is 0 Å². The van der Waals surface area contributed by atoms with Gasteiger partial charge in [-0.1, -0.05) is 23.2 Å². The van der Waals surface area contributed by atoms with Crippen LogP contribution in [-0.2, 0) is 10.0 Å². The molecule has 3 rings (SSSR count). The smallest absolute Gasteiger partial charge is 0.245 e. The normalized spacial score (nSPS) is 28.8. The average molecular weight is 327 g/mol. The monoisotopic (exact) mass is 326 g/mol. The van der Waals surface area contributed by atoms with Crippen molar-refractivity contribution in [1.82, 2.24) is 9.62 Å². The molecule has 0 amide bonds. The molecule has 2 aliphatic rings. The second-order valence-corrected chi connectivity index (χ2v) is 8.88. The van der Waals surface area contributed by atoms with Gasteiger partial charge in [-0.05, 0) is 31.0 Å². The van der Waals surface area contributed by atoms with Gasteiger partial charge in [0, 0.05) is 13.1 Å². The summed E-state index contributed by atoms with van der Waals surface area (Å²) in [6.45, 7) is 2.94. The van der Waals surface area contributed by atoms with E-state index in [2.05, 4.69) is 5.32 Å². The molecule has 2 fully saturated rings. The molecule has 0 radical (unpaired) electrons. The third kappa shape index (κ3) is 2.09. The largest absolute Gasteiger partial charge is 0.316 e. The number of hydrogen-bond acceptors (Lipinski definition) is 4. The molecule has 0 unspecified atom stereocenters. The molecule has 0 spiro atoms. The molecule has 2 saturated heterocycles. The van der Waals surface area contributed by atoms with E-state index in [4.69, 9.17) is 23.2 Å². The van der Waals surface area contributed by atoms with Gasteiger partial charge >= 0.3 is 0 Å². The molecule has 0 bridgehead atoms. The van der Waals surface area contributed by atoms with Crippen molar-refractivity contribution in [2.24, 2.45) is 11.8 Å². The van der Waals surface area contributed by atoms with Crippen molar-refractivity contribution in [2.75, 3.05) is 26.2 Å². The highest BCUT2D eigenvalue weighted by molar-refractivity contribution is 7.89. The number of hydrogen-bond donors (Lipinski definition) is 1. The van der Waals surface area contributed by atoms with Gasteiger partial charge in [0.2, 0.25) is 10.0 Å². The van der Waals surface area contributed by atoms with Crippen molar-refractivity contribution in [2.45, 2.75) is 4.90 Å². The number of halogens is 2. The van der Waals surface area contributed by atoms with E-state index in [0.717, 1.165) is 24.4 Å². The molecule has 1 aromatic rings. The molecule has 1 aromatic heterocycles. The fraction of sp³-hybridized carbons (Fsp3) is 0.600. The van der Waals surface area contributed by atoms with E-state index in [0.29, 0.717) is 29.3 Å². The molecule has 4 nitrogen and oxygen atoms in total. The van der Waals surface area contributed by atoms with Crippen molar-refractivity contribution in [3.05, 3.63) is 14.7 Å². The maximum absolute atomic E-state index is 12.5. The van der Waals surface area contributed by atoms with Crippen molar-refractivity contribution < 1.29 is 8.42 Å². The molecular weight excluding hydrogens is 315 g/mol. The third-order valence-corrected chi connectivity index (χ3v) is 7.18. The van der Waals surface area contributed by atoms with Gasteiger partial charge in [0.1, 0.15) is 9.23 Å². The maximum Gasteiger partial charge on any atom is 0.245 e. The van der Waals surface area contributed by atoms with E-state index in [1.165, 1.54) is 10.4 Å². The minimum absolute atomic E-state index is 0.145. The van der Waals surface area contributed by atoms with Crippen molar-refractivity contribution in [3.8, 4) is 0 Å². The predicted molar refractivity (Wildman–Crippen MR) is 72.9 cm³/mol. The Kier molecular flexibility index (Phi) is 3.37. The standard InChI is InChI=1S/C10H12Cl2N2O2S2/c11-9-1-8(10(12)17-9)18(15,16)14-4-6-2-13-3-7(6)5-14/h1,6-7,13H,2-5H2/t6-,7+. The summed E-state index contributed by atoms with van der Waals surface area (Å²) in [5, 5.41) is 3.28. The van der Waals surface area contributed by atoms with Crippen LogP contribution in [0.1, 0.15) is 0 Å². The molecule has 2 atom stereocenters. The number of nitrogens with zero attached hydrogens (tertiary/aromatic N) is 1. The van der Waals surface area contributed by atoms with Crippen LogP contribution in [0.25, 0.3) is 0 Å². The van der Waals surface area contributed by atoms with Crippen LogP contribution in [0.2, 0.25) is 8.67 Å². The van der Waals surface area contributed by atoms with Crippen LogP contribution in [-0.4, -0.2) is 38.9 Å². The first-order valence-electron chi connectivity index (χ1n) is 5.64. The molecule has 3 heterocycles. The molecular formula is C10H12Cl2N2O2S2. The Hall–Kier alpha value is 0.150. The maximum atomic E-state index is 12.5. The third-order valence-electron chi connectivity index (χ3n) is 3.60. The van der Waals surface area contributed by atoms with E-state index in [9.17, 15) is 8.42 Å².